The van der Waals surface area contributed by atoms with Crippen molar-refractivity contribution in [3.63, 3.8) is 0 Å². The SMILES string of the molecule is CCCCn1c(=O)c(C)cn2nc(N)nc12. The largest absolute Gasteiger partial charge is 0.366 e. The van der Waals surface area contributed by atoms with Crippen molar-refractivity contribution >= 4 is 11.7 Å². The smallest absolute Gasteiger partial charge is 0.257 e. The third-order valence-corrected chi connectivity index (χ3v) is 2.50. The summed E-state index contributed by atoms with van der Waals surface area (Å²) < 4.78 is 3.18. The maximum absolute atomic E-state index is 11.9. The highest BCUT2D eigenvalue weighted by Gasteiger charge is 2.09. The van der Waals surface area contributed by atoms with E-state index in [1.165, 1.54) is 0 Å². The lowest BCUT2D eigenvalue weighted by Gasteiger charge is -2.06. The van der Waals surface area contributed by atoms with Gasteiger partial charge in [-0.3, -0.25) is 9.36 Å². The molecule has 2 aromatic heterocycles. The Bertz CT molecular complexity index is 568. The minimum Gasteiger partial charge on any atom is -0.366 e. The van der Waals surface area contributed by atoms with Gasteiger partial charge in [0.15, 0.2) is 0 Å². The highest BCUT2D eigenvalue weighted by atomic mass is 16.1. The van der Waals surface area contributed by atoms with Crippen LogP contribution in [-0.2, 0) is 6.54 Å². The summed E-state index contributed by atoms with van der Waals surface area (Å²) in [6.07, 6.45) is 3.62. The molecule has 0 amide bonds. The average Bonchev–Trinajstić information content (AvgIpc) is 2.59. The molecule has 2 aromatic rings. The van der Waals surface area contributed by atoms with Gasteiger partial charge in [-0.05, 0) is 13.3 Å². The summed E-state index contributed by atoms with van der Waals surface area (Å²) in [6, 6.07) is 0. The molecule has 0 aliphatic heterocycles. The number of unbranched alkanes of at least 4 members (excludes halogenated alkanes) is 1. The molecule has 0 aliphatic rings. The molecule has 2 rings (SSSR count). The van der Waals surface area contributed by atoms with Crippen LogP contribution in [0.15, 0.2) is 11.0 Å². The zero-order valence-electron chi connectivity index (χ0n) is 9.47. The molecule has 0 aromatic carbocycles. The van der Waals surface area contributed by atoms with E-state index in [9.17, 15) is 4.79 Å². The standard InChI is InChI=1S/C10H15N5O/c1-3-4-5-14-8(16)7(2)6-15-10(14)12-9(11)13-15/h6H,3-5H2,1-2H3,(H2,11,13). The fourth-order valence-electron chi connectivity index (χ4n) is 1.66. The van der Waals surface area contributed by atoms with Crippen molar-refractivity contribution in [3.8, 4) is 0 Å². The van der Waals surface area contributed by atoms with Crippen LogP contribution in [0.5, 0.6) is 0 Å². The van der Waals surface area contributed by atoms with Gasteiger partial charge in [0.1, 0.15) is 0 Å². The molecule has 0 saturated heterocycles. The normalized spacial score (nSPS) is 11.1. The van der Waals surface area contributed by atoms with Crippen LogP contribution in [0.25, 0.3) is 5.78 Å². The third kappa shape index (κ3) is 1.66. The fraction of sp³-hybridized carbons (Fsp3) is 0.500. The molecule has 86 valence electrons. The molecule has 0 unspecified atom stereocenters. The quantitative estimate of drug-likeness (QED) is 0.822. The Morgan fingerprint density at radius 2 is 2.25 bits per heavy atom. The van der Waals surface area contributed by atoms with E-state index in [-0.39, 0.29) is 11.5 Å². The Kier molecular flexibility index (Phi) is 2.64. The zero-order valence-corrected chi connectivity index (χ0v) is 9.47. The van der Waals surface area contributed by atoms with Crippen LogP contribution >= 0.6 is 0 Å². The summed E-state index contributed by atoms with van der Waals surface area (Å²) in [5.41, 5.74) is 6.16. The van der Waals surface area contributed by atoms with Crippen LogP contribution in [0.3, 0.4) is 0 Å². The van der Waals surface area contributed by atoms with Gasteiger partial charge in [0, 0.05) is 18.3 Å². The van der Waals surface area contributed by atoms with Crippen LogP contribution in [-0.4, -0.2) is 19.2 Å². The van der Waals surface area contributed by atoms with E-state index in [1.54, 1.807) is 22.2 Å². The van der Waals surface area contributed by atoms with Gasteiger partial charge in [-0.1, -0.05) is 13.3 Å². The monoisotopic (exact) mass is 221 g/mol. The fourth-order valence-corrected chi connectivity index (χ4v) is 1.66. The van der Waals surface area contributed by atoms with Gasteiger partial charge >= 0.3 is 0 Å². The summed E-state index contributed by atoms with van der Waals surface area (Å²) in [4.78, 5) is 16.0. The van der Waals surface area contributed by atoms with Crippen molar-refractivity contribution in [2.24, 2.45) is 0 Å². The molecule has 0 radical (unpaired) electrons. The van der Waals surface area contributed by atoms with Crippen LogP contribution in [0.4, 0.5) is 5.95 Å². The summed E-state index contributed by atoms with van der Waals surface area (Å²) in [7, 11) is 0. The highest BCUT2D eigenvalue weighted by Crippen LogP contribution is 2.03. The van der Waals surface area contributed by atoms with Crippen molar-refractivity contribution < 1.29 is 0 Å². The van der Waals surface area contributed by atoms with Crippen LogP contribution in [0.1, 0.15) is 25.3 Å². The van der Waals surface area contributed by atoms with Gasteiger partial charge in [-0.15, -0.1) is 5.10 Å². The van der Waals surface area contributed by atoms with Crippen molar-refractivity contribution in [2.45, 2.75) is 33.2 Å². The average molecular weight is 221 g/mol. The van der Waals surface area contributed by atoms with E-state index in [0.29, 0.717) is 17.9 Å². The van der Waals surface area contributed by atoms with Crippen LogP contribution < -0.4 is 11.3 Å². The Balaban J connectivity index is 2.66. The number of nitrogen functional groups attached to an aromatic ring is 1. The van der Waals surface area contributed by atoms with Gasteiger partial charge in [-0.2, -0.15) is 4.98 Å². The van der Waals surface area contributed by atoms with Crippen molar-refractivity contribution in [2.75, 3.05) is 5.73 Å². The number of hydrogen-bond donors (Lipinski definition) is 1. The lowest BCUT2D eigenvalue weighted by Crippen LogP contribution is -2.24. The predicted octanol–water partition coefficient (Wildman–Crippen LogP) is 0.582. The van der Waals surface area contributed by atoms with E-state index < -0.39 is 0 Å². The number of nitrogens with two attached hydrogens (primary N) is 1. The molecule has 0 aliphatic carbocycles. The predicted molar refractivity (Wildman–Crippen MR) is 61.3 cm³/mol. The summed E-state index contributed by atoms with van der Waals surface area (Å²) in [5.74, 6) is 0.705. The molecule has 2 N–H and O–H groups in total. The van der Waals surface area contributed by atoms with Crippen molar-refractivity contribution in [1.82, 2.24) is 19.2 Å². The van der Waals surface area contributed by atoms with Crippen molar-refractivity contribution in [3.05, 3.63) is 22.1 Å². The maximum Gasteiger partial charge on any atom is 0.257 e. The number of aromatic nitrogens is 4. The number of nitrogens with zero attached hydrogens (tertiary/aromatic N) is 4. The molecule has 6 nitrogen and oxygen atoms in total. The lowest BCUT2D eigenvalue weighted by molar-refractivity contribution is 0.609. The second-order valence-corrected chi connectivity index (χ2v) is 3.84. The highest BCUT2D eigenvalue weighted by molar-refractivity contribution is 5.35. The number of hydrogen-bond acceptors (Lipinski definition) is 4. The van der Waals surface area contributed by atoms with E-state index in [1.807, 2.05) is 0 Å². The van der Waals surface area contributed by atoms with Gasteiger partial charge in [0.05, 0.1) is 0 Å². The van der Waals surface area contributed by atoms with Gasteiger partial charge in [0.2, 0.25) is 11.7 Å². The number of rotatable bonds is 3. The Morgan fingerprint density at radius 3 is 2.94 bits per heavy atom. The minimum absolute atomic E-state index is 0.0200. The van der Waals surface area contributed by atoms with Crippen LogP contribution in [0.2, 0.25) is 0 Å². The molecule has 0 bridgehead atoms. The van der Waals surface area contributed by atoms with E-state index in [4.69, 9.17) is 5.73 Å². The Labute approximate surface area is 92.7 Å². The molecule has 2 heterocycles. The van der Waals surface area contributed by atoms with E-state index in [2.05, 4.69) is 17.0 Å². The third-order valence-electron chi connectivity index (χ3n) is 2.50. The molecule has 0 spiro atoms. The molecule has 6 heteroatoms. The second-order valence-electron chi connectivity index (χ2n) is 3.84. The molecule has 0 atom stereocenters. The first kappa shape index (κ1) is 10.7. The first-order valence-electron chi connectivity index (χ1n) is 5.35. The first-order chi connectivity index (χ1) is 7.63. The number of anilines is 1. The number of aryl methyl sites for hydroxylation is 2. The Hall–Kier alpha value is -1.85. The van der Waals surface area contributed by atoms with E-state index >= 15 is 0 Å². The van der Waals surface area contributed by atoms with Gasteiger partial charge in [0.25, 0.3) is 5.56 Å². The summed E-state index contributed by atoms with van der Waals surface area (Å²) >= 11 is 0. The lowest BCUT2D eigenvalue weighted by atomic mass is 10.3. The second kappa shape index (κ2) is 3.96. The van der Waals surface area contributed by atoms with E-state index in [0.717, 1.165) is 12.8 Å². The summed E-state index contributed by atoms with van der Waals surface area (Å²) in [6.45, 7) is 4.50. The van der Waals surface area contributed by atoms with Gasteiger partial charge < -0.3 is 5.73 Å². The molecule has 0 fully saturated rings. The minimum atomic E-state index is -0.0200. The Morgan fingerprint density at radius 1 is 1.50 bits per heavy atom. The molecular weight excluding hydrogens is 206 g/mol. The first-order valence-corrected chi connectivity index (χ1v) is 5.35. The molecule has 16 heavy (non-hydrogen) atoms. The number of fused-ring (bicyclic) bond motifs is 1. The van der Waals surface area contributed by atoms with Gasteiger partial charge in [-0.25, -0.2) is 4.52 Å². The summed E-state index contributed by atoms with van der Waals surface area (Å²) in [5, 5.41) is 4.01. The van der Waals surface area contributed by atoms with Crippen LogP contribution in [0, 0.1) is 6.92 Å². The van der Waals surface area contributed by atoms with Crippen molar-refractivity contribution in [1.29, 1.82) is 0 Å². The molecule has 0 saturated carbocycles. The zero-order chi connectivity index (χ0) is 11.7. The maximum atomic E-state index is 11.9. The topological polar surface area (TPSA) is 78.2 Å². The molecular formula is C10H15N5O.